The van der Waals surface area contributed by atoms with Crippen LogP contribution in [0.3, 0.4) is 0 Å². The number of para-hydroxylation sites is 1. The molecule has 4 N–H and O–H groups in total. The fourth-order valence-electron chi connectivity index (χ4n) is 1.63. The molecular formula is C12H15ClN4O2. The van der Waals surface area contributed by atoms with E-state index in [1.807, 2.05) is 17.8 Å². The molecule has 0 aliphatic heterocycles. The molecule has 0 unspecified atom stereocenters. The van der Waals surface area contributed by atoms with Crippen molar-refractivity contribution in [3.8, 4) is 5.75 Å². The number of hydrogen-bond acceptors (Lipinski definition) is 3. The third-order valence-electron chi connectivity index (χ3n) is 2.49. The molecular weight excluding hydrogens is 268 g/mol. The molecule has 0 aliphatic carbocycles. The van der Waals surface area contributed by atoms with Crippen molar-refractivity contribution in [2.24, 2.45) is 7.05 Å². The van der Waals surface area contributed by atoms with E-state index in [1.165, 1.54) is 6.07 Å². The lowest BCUT2D eigenvalue weighted by molar-refractivity contribution is -0.671. The Morgan fingerprint density at radius 2 is 2.26 bits per heavy atom. The number of carbonyl (C=O) groups is 1. The van der Waals surface area contributed by atoms with Crippen LogP contribution in [-0.2, 0) is 18.4 Å². The quantitative estimate of drug-likeness (QED) is 0.324. The van der Waals surface area contributed by atoms with Crippen LogP contribution in [0.5, 0.6) is 5.75 Å². The average Bonchev–Trinajstić information content (AvgIpc) is 2.69. The first kappa shape index (κ1) is 14.8. The highest BCUT2D eigenvalue weighted by Gasteiger charge is 2.12. The Morgan fingerprint density at radius 1 is 1.53 bits per heavy atom. The third-order valence-corrected chi connectivity index (χ3v) is 2.49. The van der Waals surface area contributed by atoms with Crippen molar-refractivity contribution in [2.45, 2.75) is 6.54 Å². The van der Waals surface area contributed by atoms with E-state index in [-0.39, 0.29) is 36.3 Å². The van der Waals surface area contributed by atoms with Crippen LogP contribution in [-0.4, -0.2) is 15.6 Å². The van der Waals surface area contributed by atoms with E-state index in [4.69, 9.17) is 5.73 Å². The molecule has 7 heteroatoms. The van der Waals surface area contributed by atoms with Crippen LogP contribution < -0.4 is 28.0 Å². The molecule has 1 amide bonds. The van der Waals surface area contributed by atoms with Crippen molar-refractivity contribution >= 4 is 17.3 Å². The topological polar surface area (TPSA) is 84.2 Å². The number of nitrogens with one attached hydrogen (secondary N) is 1. The average molecular weight is 283 g/mol. The number of aryl methyl sites for hydroxylation is 1. The molecule has 0 saturated carbocycles. The molecule has 1 aromatic carbocycles. The van der Waals surface area contributed by atoms with Gasteiger partial charge in [0.05, 0.1) is 12.7 Å². The molecule has 2 rings (SSSR count). The molecule has 1 aromatic heterocycles. The molecule has 6 nitrogen and oxygen atoms in total. The van der Waals surface area contributed by atoms with Crippen molar-refractivity contribution in [3.05, 3.63) is 36.9 Å². The summed E-state index contributed by atoms with van der Waals surface area (Å²) in [7, 11) is 1.87. The zero-order chi connectivity index (χ0) is 13.1. The van der Waals surface area contributed by atoms with Gasteiger partial charge in [-0.05, 0) is 12.1 Å². The van der Waals surface area contributed by atoms with Crippen molar-refractivity contribution in [1.82, 2.24) is 4.57 Å². The first-order chi connectivity index (χ1) is 8.56. The number of hydrogen-bond donors (Lipinski definition) is 3. The number of phenols is 1. The summed E-state index contributed by atoms with van der Waals surface area (Å²) < 4.78 is 3.56. The number of nitrogen functional groups attached to an aromatic ring is 1. The molecule has 0 saturated heterocycles. The standard InChI is InChI=1S/C12H14N4O2.ClH/c1-15-5-6-16(8-15)7-11(18)14-12-9(13)3-2-4-10(12)17;/h2-6,8H,7,13H2,1H3,(H-,14,17,18);1H. The van der Waals surface area contributed by atoms with Crippen LogP contribution in [0.25, 0.3) is 0 Å². The second-order valence-electron chi connectivity index (χ2n) is 4.04. The summed E-state index contributed by atoms with van der Waals surface area (Å²) >= 11 is 0. The predicted octanol–water partition coefficient (Wildman–Crippen LogP) is -2.76. The van der Waals surface area contributed by atoms with E-state index in [0.29, 0.717) is 5.69 Å². The number of amides is 1. The fourth-order valence-corrected chi connectivity index (χ4v) is 1.63. The summed E-state index contributed by atoms with van der Waals surface area (Å²) in [5.41, 5.74) is 6.27. The number of imidazole rings is 1. The second-order valence-corrected chi connectivity index (χ2v) is 4.04. The zero-order valence-electron chi connectivity index (χ0n) is 10.4. The van der Waals surface area contributed by atoms with Crippen molar-refractivity contribution in [2.75, 3.05) is 11.1 Å². The lowest BCUT2D eigenvalue weighted by Gasteiger charge is -2.08. The molecule has 0 spiro atoms. The van der Waals surface area contributed by atoms with Crippen molar-refractivity contribution in [1.29, 1.82) is 0 Å². The van der Waals surface area contributed by atoms with Crippen LogP contribution in [0, 0.1) is 0 Å². The van der Waals surface area contributed by atoms with Gasteiger partial charge in [-0.3, -0.25) is 4.79 Å². The van der Waals surface area contributed by atoms with Gasteiger partial charge in [0, 0.05) is 0 Å². The number of anilines is 2. The predicted molar refractivity (Wildman–Crippen MR) is 66.8 cm³/mol. The Bertz CT molecular complexity index is 563. The second kappa shape index (κ2) is 6.10. The summed E-state index contributed by atoms with van der Waals surface area (Å²) in [4.78, 5) is 11.8. The van der Waals surface area contributed by atoms with Crippen molar-refractivity contribution < 1.29 is 26.9 Å². The summed E-state index contributed by atoms with van der Waals surface area (Å²) in [6.45, 7) is 0.161. The maximum absolute atomic E-state index is 11.8. The molecule has 2 aromatic rings. The molecule has 1 heterocycles. The van der Waals surface area contributed by atoms with Gasteiger partial charge in [0.25, 0.3) is 5.91 Å². The molecule has 0 fully saturated rings. The SMILES string of the molecule is C[n+]1ccn(CC(=O)Nc2c(N)cccc2O)c1.[Cl-]. The van der Waals surface area contributed by atoms with E-state index >= 15 is 0 Å². The Morgan fingerprint density at radius 3 is 2.84 bits per heavy atom. The van der Waals surface area contributed by atoms with Crippen LogP contribution >= 0.6 is 0 Å². The first-order valence-electron chi connectivity index (χ1n) is 5.44. The van der Waals surface area contributed by atoms with Gasteiger partial charge in [-0.2, -0.15) is 0 Å². The number of phenolic OH excluding ortho intramolecular Hbond substituents is 1. The smallest absolute Gasteiger partial charge is 0.266 e. The summed E-state index contributed by atoms with van der Waals surface area (Å²) in [6.07, 6.45) is 5.41. The molecule has 0 atom stereocenters. The van der Waals surface area contributed by atoms with Gasteiger partial charge >= 0.3 is 0 Å². The summed E-state index contributed by atoms with van der Waals surface area (Å²) in [5, 5.41) is 12.2. The van der Waals surface area contributed by atoms with Crippen LogP contribution in [0.4, 0.5) is 11.4 Å². The zero-order valence-corrected chi connectivity index (χ0v) is 11.1. The van der Waals surface area contributed by atoms with Crippen LogP contribution in [0.15, 0.2) is 36.9 Å². The van der Waals surface area contributed by atoms with Gasteiger partial charge in [-0.1, -0.05) is 6.07 Å². The Kier molecular flexibility index (Phi) is 4.77. The Balaban J connectivity index is 0.00000180. The number of benzene rings is 1. The lowest BCUT2D eigenvalue weighted by Crippen LogP contribution is -3.00. The number of rotatable bonds is 3. The van der Waals surface area contributed by atoms with Gasteiger partial charge < -0.3 is 28.6 Å². The maximum atomic E-state index is 11.8. The molecule has 102 valence electrons. The van der Waals surface area contributed by atoms with Gasteiger partial charge in [-0.15, -0.1) is 0 Å². The number of aromatic hydroxyl groups is 1. The Hall–Kier alpha value is -2.21. The minimum Gasteiger partial charge on any atom is -1.00 e. The minimum atomic E-state index is -0.251. The third kappa shape index (κ3) is 3.62. The van der Waals surface area contributed by atoms with E-state index in [1.54, 1.807) is 29.2 Å². The van der Waals surface area contributed by atoms with E-state index in [2.05, 4.69) is 5.32 Å². The maximum Gasteiger partial charge on any atom is 0.266 e. The first-order valence-corrected chi connectivity index (χ1v) is 5.44. The monoisotopic (exact) mass is 282 g/mol. The Labute approximate surface area is 116 Å². The van der Waals surface area contributed by atoms with E-state index in [9.17, 15) is 9.90 Å². The highest BCUT2D eigenvalue weighted by atomic mass is 35.5. The van der Waals surface area contributed by atoms with Crippen LogP contribution in [0.2, 0.25) is 0 Å². The number of nitrogens with two attached hydrogens (primary N) is 1. The fraction of sp³-hybridized carbons (Fsp3) is 0.167. The molecule has 0 radical (unpaired) electrons. The normalized spacial score (nSPS) is 9.74. The number of nitrogens with zero attached hydrogens (tertiary/aromatic N) is 2. The highest BCUT2D eigenvalue weighted by molar-refractivity contribution is 5.95. The van der Waals surface area contributed by atoms with Crippen LogP contribution in [0.1, 0.15) is 0 Å². The summed E-state index contributed by atoms with van der Waals surface area (Å²) in [5.74, 6) is -0.291. The molecule has 0 aliphatic rings. The van der Waals surface area contributed by atoms with Gasteiger partial charge in [-0.25, -0.2) is 9.13 Å². The molecule has 19 heavy (non-hydrogen) atoms. The van der Waals surface area contributed by atoms with Crippen molar-refractivity contribution in [3.63, 3.8) is 0 Å². The van der Waals surface area contributed by atoms with E-state index < -0.39 is 0 Å². The largest absolute Gasteiger partial charge is 1.00 e. The van der Waals surface area contributed by atoms with Gasteiger partial charge in [0.2, 0.25) is 6.33 Å². The number of aromatic nitrogens is 2. The lowest BCUT2D eigenvalue weighted by atomic mass is 10.2. The van der Waals surface area contributed by atoms with E-state index in [0.717, 1.165) is 0 Å². The number of halogens is 1. The summed E-state index contributed by atoms with van der Waals surface area (Å²) in [6, 6.07) is 4.71. The minimum absolute atomic E-state index is 0. The highest BCUT2D eigenvalue weighted by Crippen LogP contribution is 2.28. The number of carbonyl (C=O) groups excluding carboxylic acids is 1. The van der Waals surface area contributed by atoms with Gasteiger partial charge in [0.15, 0.2) is 6.54 Å². The van der Waals surface area contributed by atoms with Gasteiger partial charge in [0.1, 0.15) is 23.8 Å². The molecule has 0 bridgehead atoms.